The van der Waals surface area contributed by atoms with Gasteiger partial charge in [-0.1, -0.05) is 78.9 Å². The number of Topliss-reactive ketones (excluding diaryl/α,β-unsaturated/α-hetero) is 1. The summed E-state index contributed by atoms with van der Waals surface area (Å²) in [6, 6.07) is 35.4. The zero-order chi connectivity index (χ0) is 43.4. The molecule has 1 saturated heterocycles. The largest absolute Gasteiger partial charge is 1.00 e. The van der Waals surface area contributed by atoms with Gasteiger partial charge in [0.1, 0.15) is 5.78 Å². The summed E-state index contributed by atoms with van der Waals surface area (Å²) in [6.45, 7) is 5.57. The van der Waals surface area contributed by atoms with E-state index in [4.69, 9.17) is 0 Å². The summed E-state index contributed by atoms with van der Waals surface area (Å²) in [5, 5.41) is 2.35. The quantitative estimate of drug-likeness (QED) is 0.167. The number of ketones is 1. The van der Waals surface area contributed by atoms with Crippen molar-refractivity contribution in [2.24, 2.45) is 0 Å². The zero-order valence-electron chi connectivity index (χ0n) is 37.3. The number of sulfonamides is 2. The molecule has 2 aliphatic heterocycles. The van der Waals surface area contributed by atoms with Gasteiger partial charge < -0.3 is 24.4 Å². The van der Waals surface area contributed by atoms with Gasteiger partial charge >= 0.3 is 51.4 Å². The SMILES string of the molecule is CN1CCC(=O)CC1.CNS(=O)(=O)CCc1ccc2c(c1)c(C1=CCN(C)CC1)cn2Cc1ccccc1.CNS(=O)(=O)CCc1ccc2c(ccn2Cc2ccccc2)c1.[K+].[OH-]. The van der Waals surface area contributed by atoms with Gasteiger partial charge in [-0.25, -0.2) is 26.3 Å². The predicted molar refractivity (Wildman–Crippen MR) is 252 cm³/mol. The number of aryl methyl sites for hydroxylation is 2. The number of likely N-dealkylation sites (tertiary alicyclic amines) is 1. The van der Waals surface area contributed by atoms with Crippen LogP contribution in [0, 0.1) is 0 Å². The zero-order valence-corrected chi connectivity index (χ0v) is 42.1. The number of hydrogen-bond donors (Lipinski definition) is 2. The van der Waals surface area contributed by atoms with Gasteiger partial charge in [0.25, 0.3) is 0 Å². The van der Waals surface area contributed by atoms with Crippen LogP contribution in [0.15, 0.2) is 122 Å². The van der Waals surface area contributed by atoms with E-state index in [1.54, 1.807) is 0 Å². The average Bonchev–Trinajstić information content (AvgIpc) is 3.84. The Balaban J connectivity index is 0.000000234. The van der Waals surface area contributed by atoms with Crippen LogP contribution < -0.4 is 60.8 Å². The maximum Gasteiger partial charge on any atom is 1.00 e. The van der Waals surface area contributed by atoms with Crippen LogP contribution in [0.4, 0.5) is 0 Å². The first-order valence-corrected chi connectivity index (χ1v) is 24.3. The van der Waals surface area contributed by atoms with Crippen molar-refractivity contribution < 1.29 is 78.5 Å². The Hall–Kier alpha value is -3.29. The van der Waals surface area contributed by atoms with Crippen LogP contribution in [0.1, 0.15) is 47.1 Å². The molecule has 1 fully saturated rings. The Kier molecular flexibility index (Phi) is 20.6. The van der Waals surface area contributed by atoms with Gasteiger partial charge in [0.2, 0.25) is 20.0 Å². The number of likely N-dealkylation sites (N-methyl/N-ethyl adjacent to an activating group) is 1. The molecule has 0 saturated carbocycles. The summed E-state index contributed by atoms with van der Waals surface area (Å²) < 4.78 is 56.0. The van der Waals surface area contributed by atoms with Crippen LogP contribution in [0.2, 0.25) is 0 Å². The normalized spacial score (nSPS) is 14.7. The fourth-order valence-corrected chi connectivity index (χ4v) is 9.00. The van der Waals surface area contributed by atoms with Gasteiger partial charge in [-0.15, -0.1) is 0 Å². The second kappa shape index (κ2) is 24.8. The van der Waals surface area contributed by atoms with Gasteiger partial charge in [-0.05, 0) is 111 Å². The molecule has 15 heteroatoms. The third-order valence-electron chi connectivity index (χ3n) is 11.4. The van der Waals surface area contributed by atoms with E-state index < -0.39 is 20.0 Å². The van der Waals surface area contributed by atoms with Crippen molar-refractivity contribution >= 4 is 53.2 Å². The number of hydrogen-bond acceptors (Lipinski definition) is 8. The smallest absolute Gasteiger partial charge is 0.870 e. The van der Waals surface area contributed by atoms with E-state index in [0.717, 1.165) is 80.6 Å². The molecule has 0 bridgehead atoms. The van der Waals surface area contributed by atoms with Crippen molar-refractivity contribution in [2.75, 3.05) is 65.9 Å². The van der Waals surface area contributed by atoms with Gasteiger partial charge in [-0.2, -0.15) is 0 Å². The average molecular weight is 921 g/mol. The summed E-state index contributed by atoms with van der Waals surface area (Å²) in [5.41, 5.74) is 9.61. The van der Waals surface area contributed by atoms with Crippen molar-refractivity contribution in [2.45, 2.75) is 45.2 Å². The summed E-state index contributed by atoms with van der Waals surface area (Å²) in [5.74, 6) is 0.630. The van der Waals surface area contributed by atoms with Crippen LogP contribution in [0.3, 0.4) is 0 Å². The van der Waals surface area contributed by atoms with Gasteiger partial charge in [0, 0.05) is 86.5 Å². The maximum atomic E-state index is 11.9. The fourth-order valence-electron chi connectivity index (χ4n) is 7.58. The number of aromatic nitrogens is 2. The van der Waals surface area contributed by atoms with E-state index in [0.29, 0.717) is 18.6 Å². The van der Waals surface area contributed by atoms with E-state index in [1.165, 1.54) is 47.3 Å². The fraction of sp³-hybridized carbons (Fsp3) is 0.354. The number of benzene rings is 4. The van der Waals surface area contributed by atoms with Gasteiger partial charge in [0.05, 0.1) is 11.5 Å². The first-order valence-electron chi connectivity index (χ1n) is 21.0. The third kappa shape index (κ3) is 15.7. The molecular weight excluding hydrogens is 860 g/mol. The Morgan fingerprint density at radius 3 is 1.65 bits per heavy atom. The van der Waals surface area contributed by atoms with Crippen LogP contribution in [0.5, 0.6) is 0 Å². The third-order valence-corrected chi connectivity index (χ3v) is 14.1. The molecule has 0 aliphatic carbocycles. The molecule has 8 rings (SSSR count). The molecule has 2 aliphatic rings. The number of carbonyl (C=O) groups excluding carboxylic acids is 1. The van der Waals surface area contributed by atoms with Crippen LogP contribution in [-0.2, 0) is 50.8 Å². The summed E-state index contributed by atoms with van der Waals surface area (Å²) in [6.07, 6.45) is 10.2. The van der Waals surface area contributed by atoms with Crippen molar-refractivity contribution in [1.82, 2.24) is 28.4 Å². The van der Waals surface area contributed by atoms with E-state index in [2.05, 4.69) is 127 Å². The molecule has 0 atom stereocenters. The van der Waals surface area contributed by atoms with Crippen LogP contribution in [-0.4, -0.2) is 113 Å². The Bertz CT molecular complexity index is 2640. The minimum atomic E-state index is -3.22. The minimum absolute atomic E-state index is 0. The molecule has 4 heterocycles. The van der Waals surface area contributed by atoms with Crippen molar-refractivity contribution in [3.05, 3.63) is 149 Å². The second-order valence-electron chi connectivity index (χ2n) is 16.0. The number of rotatable bonds is 13. The molecule has 12 nitrogen and oxygen atoms in total. The Morgan fingerprint density at radius 2 is 1.13 bits per heavy atom. The molecule has 2 aromatic heterocycles. The van der Waals surface area contributed by atoms with Crippen molar-refractivity contribution in [3.63, 3.8) is 0 Å². The molecule has 0 unspecified atom stereocenters. The maximum absolute atomic E-state index is 11.9. The van der Waals surface area contributed by atoms with Crippen molar-refractivity contribution in [1.29, 1.82) is 0 Å². The first-order chi connectivity index (χ1) is 29.3. The molecule has 0 spiro atoms. The Labute approximate surface area is 416 Å². The number of fused-ring (bicyclic) bond motifs is 2. The molecule has 3 N–H and O–H groups in total. The van der Waals surface area contributed by atoms with E-state index in [1.807, 2.05) is 37.4 Å². The standard InChI is InChI=1S/C24H29N3O2S.C18H20N2O2S.C6H11NO.K.H2O/c1-25-30(28,29)15-12-19-8-9-24-22(16-19)23(21-10-13-26(2)14-11-21)18-27(24)17-20-6-4-3-5-7-20;1-19-23(21,22)12-10-15-7-8-18-17(13-15)9-11-20(18)14-16-5-3-2-4-6-16;1-7-4-2-6(8)3-5-7;;/h3-10,16,18,25H,11-15,17H2,1-2H3;2-9,11,13,19H,10,12,14H2,1H3;2-5H2,1H3;;1H2/q;;;+1;/p-1. The monoisotopic (exact) mass is 920 g/mol. The van der Waals surface area contributed by atoms with Crippen molar-refractivity contribution in [3.8, 4) is 0 Å². The molecule has 4 aromatic carbocycles. The number of nitrogens with one attached hydrogen (secondary N) is 2. The van der Waals surface area contributed by atoms with E-state index in [-0.39, 0.29) is 68.4 Å². The minimum Gasteiger partial charge on any atom is -0.870 e. The molecule has 6 aromatic rings. The van der Waals surface area contributed by atoms with Crippen LogP contribution in [0.25, 0.3) is 27.4 Å². The molecule has 332 valence electrons. The van der Waals surface area contributed by atoms with Gasteiger partial charge in [0.15, 0.2) is 0 Å². The topological polar surface area (TPSA) is 156 Å². The predicted octanol–water partition coefficient (Wildman–Crippen LogP) is 3.39. The van der Waals surface area contributed by atoms with Crippen LogP contribution >= 0.6 is 0 Å². The number of carbonyl (C=O) groups is 1. The molecular formula is C48H61KN6O6S2. The molecule has 0 amide bonds. The summed E-state index contributed by atoms with van der Waals surface area (Å²) >= 11 is 0. The Morgan fingerprint density at radius 1 is 0.603 bits per heavy atom. The number of nitrogens with zero attached hydrogens (tertiary/aromatic N) is 4. The molecule has 0 radical (unpaired) electrons. The van der Waals surface area contributed by atoms with E-state index >= 15 is 0 Å². The van der Waals surface area contributed by atoms with E-state index in [9.17, 15) is 21.6 Å². The summed E-state index contributed by atoms with van der Waals surface area (Å²) in [7, 11) is 0.728. The first kappa shape index (κ1) is 52.3. The summed E-state index contributed by atoms with van der Waals surface area (Å²) in [4.78, 5) is 15.1. The number of piperidine rings is 1. The van der Waals surface area contributed by atoms with Gasteiger partial charge in [-0.3, -0.25) is 4.79 Å². The second-order valence-corrected chi connectivity index (χ2v) is 20.1. The molecule has 63 heavy (non-hydrogen) atoms.